The van der Waals surface area contributed by atoms with Crippen LogP contribution in [0.3, 0.4) is 0 Å². The molecule has 9 heteroatoms. The van der Waals surface area contributed by atoms with Gasteiger partial charge >= 0.3 is 0 Å². The minimum Gasteiger partial charge on any atom is -0.508 e. The number of piperidine rings is 1. The molecule has 0 aromatic heterocycles. The van der Waals surface area contributed by atoms with Crippen molar-refractivity contribution in [1.82, 2.24) is 15.1 Å². The Morgan fingerprint density at radius 1 is 0.849 bits per heavy atom. The van der Waals surface area contributed by atoms with E-state index in [1.165, 1.54) is 16.8 Å². The van der Waals surface area contributed by atoms with Crippen LogP contribution in [0.1, 0.15) is 82.1 Å². The molecule has 4 aromatic rings. The first-order valence-corrected chi connectivity index (χ1v) is 18.8. The lowest BCUT2D eigenvalue weighted by Crippen LogP contribution is -2.52. The minimum absolute atomic E-state index is 0.130. The number of rotatable bonds is 8. The van der Waals surface area contributed by atoms with Crippen LogP contribution in [-0.2, 0) is 16.1 Å². The number of aromatic hydroxyl groups is 1. The van der Waals surface area contributed by atoms with E-state index in [9.17, 15) is 19.5 Å². The number of fused-ring (bicyclic) bond motifs is 2. The summed E-state index contributed by atoms with van der Waals surface area (Å²) in [4.78, 5) is 43.7. The number of carbonyl (C=O) groups excluding carboxylic acids is 3. The van der Waals surface area contributed by atoms with E-state index in [0.717, 1.165) is 74.4 Å². The molecule has 2 N–H and O–H groups in total. The Balaban J connectivity index is 0.821. The summed E-state index contributed by atoms with van der Waals surface area (Å²) in [5, 5.41) is 12.5. The smallest absolute Gasteiger partial charge is 0.255 e. The first-order chi connectivity index (χ1) is 25.9. The second-order valence-corrected chi connectivity index (χ2v) is 14.4. The number of benzene rings is 4. The van der Waals surface area contributed by atoms with E-state index in [0.29, 0.717) is 25.1 Å². The average Bonchev–Trinajstić information content (AvgIpc) is 3.52. The third kappa shape index (κ3) is 7.24. The number of ether oxygens (including phenoxy) is 1. The van der Waals surface area contributed by atoms with Gasteiger partial charge in [-0.1, -0.05) is 66.4 Å². The largest absolute Gasteiger partial charge is 0.508 e. The van der Waals surface area contributed by atoms with Gasteiger partial charge in [0.05, 0.1) is 6.61 Å². The molecule has 270 valence electrons. The third-order valence-corrected chi connectivity index (χ3v) is 11.2. The molecule has 3 atom stereocenters. The highest BCUT2D eigenvalue weighted by molar-refractivity contribution is 6.05. The number of hydrogen-bond acceptors (Lipinski definition) is 7. The average molecular weight is 709 g/mol. The molecule has 0 radical (unpaired) electrons. The molecule has 3 unspecified atom stereocenters. The fraction of sp³-hybridized carbons (Fsp3) is 0.341. The van der Waals surface area contributed by atoms with E-state index in [4.69, 9.17) is 4.74 Å². The number of anilines is 1. The van der Waals surface area contributed by atoms with E-state index >= 15 is 0 Å². The van der Waals surface area contributed by atoms with Crippen molar-refractivity contribution in [2.75, 3.05) is 44.2 Å². The van der Waals surface area contributed by atoms with E-state index in [1.807, 2.05) is 24.3 Å². The number of imide groups is 1. The Morgan fingerprint density at radius 2 is 1.66 bits per heavy atom. The SMILES string of the molecule is O=C1CCC(N2Cc3c(C#CCCCCN4CCN(c5ccc(C6c7ccc(O)cc7OCC6c6ccccc6)cc5)CC4)cccc3C2=O)C(=O)N1. The zero-order valence-electron chi connectivity index (χ0n) is 29.8. The van der Waals surface area contributed by atoms with E-state index in [1.54, 1.807) is 23.1 Å². The van der Waals surface area contributed by atoms with E-state index in [-0.39, 0.29) is 35.8 Å². The highest BCUT2D eigenvalue weighted by atomic mass is 16.5. The van der Waals surface area contributed by atoms with Crippen LogP contribution < -0.4 is 15.0 Å². The maximum Gasteiger partial charge on any atom is 0.255 e. The van der Waals surface area contributed by atoms with Crippen molar-refractivity contribution in [3.63, 3.8) is 0 Å². The summed E-state index contributed by atoms with van der Waals surface area (Å²) in [6, 6.07) is 30.1. The van der Waals surface area contributed by atoms with Crippen LogP contribution in [0.4, 0.5) is 5.69 Å². The highest BCUT2D eigenvalue weighted by Gasteiger charge is 2.40. The predicted molar refractivity (Wildman–Crippen MR) is 203 cm³/mol. The third-order valence-electron chi connectivity index (χ3n) is 11.2. The van der Waals surface area contributed by atoms with Gasteiger partial charge in [0.2, 0.25) is 11.8 Å². The Hall–Kier alpha value is -5.59. The Labute approximate surface area is 310 Å². The zero-order valence-corrected chi connectivity index (χ0v) is 29.8. The van der Waals surface area contributed by atoms with Crippen LogP contribution in [0.25, 0.3) is 0 Å². The molecule has 3 amide bonds. The van der Waals surface area contributed by atoms with E-state index < -0.39 is 11.9 Å². The molecule has 0 spiro atoms. The number of piperazine rings is 1. The summed E-state index contributed by atoms with van der Waals surface area (Å²) in [5.74, 6) is 7.04. The summed E-state index contributed by atoms with van der Waals surface area (Å²) in [6.07, 6.45) is 3.45. The van der Waals surface area contributed by atoms with Gasteiger partial charge in [-0.2, -0.15) is 0 Å². The lowest BCUT2D eigenvalue weighted by Gasteiger charge is -2.37. The van der Waals surface area contributed by atoms with Crippen molar-refractivity contribution in [1.29, 1.82) is 0 Å². The molecular weight excluding hydrogens is 665 g/mol. The highest BCUT2D eigenvalue weighted by Crippen LogP contribution is 2.47. The van der Waals surface area contributed by atoms with Crippen molar-refractivity contribution >= 4 is 23.4 Å². The van der Waals surface area contributed by atoms with Gasteiger partial charge in [0.1, 0.15) is 17.5 Å². The maximum atomic E-state index is 13.1. The summed E-state index contributed by atoms with van der Waals surface area (Å²) in [6.45, 7) is 5.96. The van der Waals surface area contributed by atoms with Gasteiger partial charge in [-0.3, -0.25) is 24.6 Å². The number of phenols is 1. The lowest BCUT2D eigenvalue weighted by molar-refractivity contribution is -0.136. The molecule has 4 aliphatic rings. The normalized spacial score (nSPS) is 21.3. The van der Waals surface area contributed by atoms with Crippen LogP contribution >= 0.6 is 0 Å². The first-order valence-electron chi connectivity index (χ1n) is 18.8. The Kier molecular flexibility index (Phi) is 9.88. The number of carbonyl (C=O) groups is 3. The number of amides is 3. The van der Waals surface area contributed by atoms with Crippen molar-refractivity contribution in [2.45, 2.75) is 56.5 Å². The number of nitrogens with one attached hydrogen (secondary N) is 1. The van der Waals surface area contributed by atoms with E-state index in [2.05, 4.69) is 75.5 Å². The van der Waals surface area contributed by atoms with Gasteiger partial charge in [-0.15, -0.1) is 0 Å². The molecule has 9 nitrogen and oxygen atoms in total. The molecule has 4 aliphatic heterocycles. The van der Waals surface area contributed by atoms with Crippen LogP contribution in [0.5, 0.6) is 11.5 Å². The number of hydrogen-bond donors (Lipinski definition) is 2. The minimum atomic E-state index is -0.623. The second-order valence-electron chi connectivity index (χ2n) is 14.4. The van der Waals surface area contributed by atoms with Gasteiger partial charge in [-0.25, -0.2) is 0 Å². The molecule has 2 saturated heterocycles. The molecule has 53 heavy (non-hydrogen) atoms. The van der Waals surface area contributed by atoms with Gasteiger partial charge in [-0.05, 0) is 72.8 Å². The second kappa shape index (κ2) is 15.2. The summed E-state index contributed by atoms with van der Waals surface area (Å²) in [7, 11) is 0. The molecule has 0 saturated carbocycles. The van der Waals surface area contributed by atoms with Gasteiger partial charge in [0.15, 0.2) is 0 Å². The van der Waals surface area contributed by atoms with Crippen LogP contribution in [0, 0.1) is 11.8 Å². The van der Waals surface area contributed by atoms with Crippen molar-refractivity contribution < 1.29 is 24.2 Å². The monoisotopic (exact) mass is 708 g/mol. The molecular formula is C44H44N4O5. The molecule has 4 heterocycles. The van der Waals surface area contributed by atoms with Crippen LogP contribution in [0.15, 0.2) is 91.0 Å². The van der Waals surface area contributed by atoms with Gasteiger partial charge in [0.25, 0.3) is 5.91 Å². The fourth-order valence-corrected chi connectivity index (χ4v) is 8.33. The van der Waals surface area contributed by atoms with Crippen molar-refractivity contribution in [3.8, 4) is 23.3 Å². The predicted octanol–water partition coefficient (Wildman–Crippen LogP) is 5.81. The Morgan fingerprint density at radius 3 is 2.45 bits per heavy atom. The maximum absolute atomic E-state index is 13.1. The molecule has 0 aliphatic carbocycles. The molecule has 8 rings (SSSR count). The van der Waals surface area contributed by atoms with Crippen molar-refractivity contribution in [3.05, 3.63) is 124 Å². The van der Waals surface area contributed by atoms with Crippen molar-refractivity contribution in [2.24, 2.45) is 0 Å². The molecule has 0 bridgehead atoms. The van der Waals surface area contributed by atoms with Gasteiger partial charge < -0.3 is 19.6 Å². The molecule has 2 fully saturated rings. The fourth-order valence-electron chi connectivity index (χ4n) is 8.33. The summed E-state index contributed by atoms with van der Waals surface area (Å²) in [5.41, 5.74) is 7.15. The number of nitrogens with zero attached hydrogens (tertiary/aromatic N) is 3. The Bertz CT molecular complexity index is 2060. The number of phenolic OH excluding ortho intramolecular Hbond substituents is 1. The van der Waals surface area contributed by atoms with Crippen LogP contribution in [-0.4, -0.2) is 78.0 Å². The standard InChI is InChI=1S/C44H44N4O5/c49-34-18-19-36-40(27-34)53-29-38(31-10-5-3-6-11-31)42(36)32-14-16-33(17-15-32)47-25-23-46(24-26-47)22-7-2-1-4-9-30-12-8-13-35-37(30)28-48(44(35)52)39-20-21-41(50)45-43(39)51/h3,5-6,8,10-19,27,38-39,42,49H,1-2,7,20-26,28-29H2,(H,45,50,51). The summed E-state index contributed by atoms with van der Waals surface area (Å²) >= 11 is 0. The lowest BCUT2D eigenvalue weighted by atomic mass is 9.76. The number of unbranched alkanes of at least 4 members (excludes halogenated alkanes) is 2. The molecule has 4 aromatic carbocycles. The topological polar surface area (TPSA) is 102 Å². The summed E-state index contributed by atoms with van der Waals surface area (Å²) < 4.78 is 6.15. The first kappa shape index (κ1) is 34.5. The van der Waals surface area contributed by atoms with Crippen LogP contribution in [0.2, 0.25) is 0 Å². The zero-order chi connectivity index (χ0) is 36.3. The quantitative estimate of drug-likeness (QED) is 0.136. The van der Waals surface area contributed by atoms with Gasteiger partial charge in [0, 0.05) is 85.8 Å².